The number of hydrogen-bond donors (Lipinski definition) is 1. The Hall–Kier alpha value is -2.73. The first kappa shape index (κ1) is 15.8. The molecule has 6 heteroatoms. The highest BCUT2D eigenvalue weighted by atomic mass is 32.1. The number of aromatic nitrogens is 1. The molecule has 5 nitrogen and oxygen atoms in total. The lowest BCUT2D eigenvalue weighted by Crippen LogP contribution is -2.38. The molecule has 1 N–H and O–H groups in total. The molecule has 1 atom stereocenters. The summed E-state index contributed by atoms with van der Waals surface area (Å²) in [5.41, 5.74) is 6.40. The average molecular weight is 350 g/mol. The quantitative estimate of drug-likeness (QED) is 0.756. The summed E-state index contributed by atoms with van der Waals surface area (Å²) in [5.74, 6) is 0.735. The first-order chi connectivity index (χ1) is 12.1. The number of thiazole rings is 1. The van der Waals surface area contributed by atoms with Crippen molar-refractivity contribution in [1.82, 2.24) is 15.4 Å². The minimum Gasteiger partial charge on any atom is -0.282 e. The Bertz CT molecular complexity index is 964. The van der Waals surface area contributed by atoms with E-state index in [-0.39, 0.29) is 11.9 Å². The van der Waals surface area contributed by atoms with Gasteiger partial charge in [0, 0.05) is 13.3 Å². The van der Waals surface area contributed by atoms with Crippen molar-refractivity contribution in [2.75, 3.05) is 0 Å². The smallest absolute Gasteiger partial charge is 0.238 e. The fraction of sp³-hybridized carbons (Fsp3) is 0.211. The van der Waals surface area contributed by atoms with E-state index in [0.29, 0.717) is 11.6 Å². The Balaban J connectivity index is 1.65. The van der Waals surface area contributed by atoms with Gasteiger partial charge in [0.2, 0.25) is 11.0 Å². The molecule has 0 aliphatic carbocycles. The zero-order chi connectivity index (χ0) is 17.4. The first-order valence-corrected chi connectivity index (χ1v) is 8.98. The summed E-state index contributed by atoms with van der Waals surface area (Å²) in [6.07, 6.45) is 0.651. The number of rotatable bonds is 2. The third kappa shape index (κ3) is 3.13. The Morgan fingerprint density at radius 3 is 2.84 bits per heavy atom. The van der Waals surface area contributed by atoms with Crippen molar-refractivity contribution in [3.63, 3.8) is 0 Å². The second kappa shape index (κ2) is 6.29. The van der Waals surface area contributed by atoms with E-state index >= 15 is 0 Å². The van der Waals surface area contributed by atoms with E-state index in [4.69, 9.17) is 0 Å². The van der Waals surface area contributed by atoms with Crippen LogP contribution >= 0.6 is 11.3 Å². The fourth-order valence-electron chi connectivity index (χ4n) is 3.03. The number of fused-ring (bicyclic) bond motifs is 1. The van der Waals surface area contributed by atoms with Crippen LogP contribution in [0.5, 0.6) is 0 Å². The van der Waals surface area contributed by atoms with E-state index in [1.165, 1.54) is 5.56 Å². The van der Waals surface area contributed by atoms with Gasteiger partial charge in [0.05, 0.1) is 16.3 Å². The van der Waals surface area contributed by atoms with Crippen LogP contribution in [0, 0.1) is 6.92 Å². The van der Waals surface area contributed by atoms with Gasteiger partial charge in [0.25, 0.3) is 0 Å². The maximum atomic E-state index is 12.0. The molecule has 0 spiro atoms. The summed E-state index contributed by atoms with van der Waals surface area (Å²) in [6, 6.07) is 16.1. The molecule has 2 heterocycles. The molecule has 0 radical (unpaired) electrons. The monoisotopic (exact) mass is 350 g/mol. The van der Waals surface area contributed by atoms with Crippen LogP contribution in [-0.2, 0) is 4.79 Å². The molecule has 0 saturated carbocycles. The predicted molar refractivity (Wildman–Crippen MR) is 101 cm³/mol. The summed E-state index contributed by atoms with van der Waals surface area (Å²) in [6.45, 7) is 3.63. The molecule has 1 amide bonds. The van der Waals surface area contributed by atoms with Crippen molar-refractivity contribution in [3.05, 3.63) is 59.7 Å². The van der Waals surface area contributed by atoms with Crippen molar-refractivity contribution in [2.24, 2.45) is 4.99 Å². The Morgan fingerprint density at radius 2 is 2.08 bits per heavy atom. The highest BCUT2D eigenvalue weighted by Gasteiger charge is 2.32. The molecule has 4 rings (SSSR count). The van der Waals surface area contributed by atoms with Crippen LogP contribution in [0.15, 0.2) is 53.5 Å². The second-order valence-electron chi connectivity index (χ2n) is 6.16. The van der Waals surface area contributed by atoms with Crippen LogP contribution in [0.4, 0.5) is 5.13 Å². The van der Waals surface area contributed by atoms with Gasteiger partial charge in [0.1, 0.15) is 5.84 Å². The lowest BCUT2D eigenvalue weighted by atomic mass is 10.0. The number of carbonyl (C=O) groups is 1. The minimum absolute atomic E-state index is 0.0287. The number of benzene rings is 2. The summed E-state index contributed by atoms with van der Waals surface area (Å²) < 4.78 is 1.13. The molecule has 0 bridgehead atoms. The highest BCUT2D eigenvalue weighted by Crippen LogP contribution is 2.32. The molecule has 1 unspecified atom stereocenters. The van der Waals surface area contributed by atoms with E-state index in [2.05, 4.69) is 34.5 Å². The maximum absolute atomic E-state index is 12.0. The molecule has 1 fully saturated rings. The average Bonchev–Trinajstić information content (AvgIpc) is 3.19. The van der Waals surface area contributed by atoms with Crippen molar-refractivity contribution < 1.29 is 4.79 Å². The zero-order valence-electron chi connectivity index (χ0n) is 14.1. The van der Waals surface area contributed by atoms with Crippen LogP contribution < -0.4 is 5.43 Å². The van der Waals surface area contributed by atoms with Crippen LogP contribution in [0.3, 0.4) is 0 Å². The van der Waals surface area contributed by atoms with Gasteiger partial charge in [0.15, 0.2) is 0 Å². The van der Waals surface area contributed by atoms with Gasteiger partial charge in [-0.25, -0.2) is 15.0 Å². The summed E-state index contributed by atoms with van der Waals surface area (Å²) in [5, 5.41) is 2.35. The van der Waals surface area contributed by atoms with Crippen molar-refractivity contribution >= 4 is 38.4 Å². The van der Waals surface area contributed by atoms with E-state index in [1.54, 1.807) is 23.3 Å². The molecular weight excluding hydrogens is 332 g/mol. The number of hydrogen-bond acceptors (Lipinski definition) is 4. The lowest BCUT2D eigenvalue weighted by Gasteiger charge is -2.22. The second-order valence-corrected chi connectivity index (χ2v) is 7.17. The Kier molecular flexibility index (Phi) is 3.97. The predicted octanol–water partition coefficient (Wildman–Crippen LogP) is 4.13. The van der Waals surface area contributed by atoms with E-state index < -0.39 is 0 Å². The number of carbonyl (C=O) groups excluding carboxylic acids is 1. The van der Waals surface area contributed by atoms with E-state index in [0.717, 1.165) is 21.6 Å². The summed E-state index contributed by atoms with van der Waals surface area (Å²) in [7, 11) is 0. The van der Waals surface area contributed by atoms with E-state index in [1.807, 2.05) is 36.4 Å². The number of aryl methyl sites for hydroxylation is 1. The largest absolute Gasteiger partial charge is 0.282 e. The maximum Gasteiger partial charge on any atom is 0.238 e. The molecule has 1 saturated heterocycles. The highest BCUT2D eigenvalue weighted by molar-refractivity contribution is 7.22. The summed E-state index contributed by atoms with van der Waals surface area (Å²) >= 11 is 1.56. The number of amides is 1. The van der Waals surface area contributed by atoms with Crippen molar-refractivity contribution in [3.8, 4) is 0 Å². The number of nitrogens with one attached hydrogen (secondary N) is 1. The van der Waals surface area contributed by atoms with E-state index in [9.17, 15) is 4.79 Å². The fourth-order valence-corrected chi connectivity index (χ4v) is 3.99. The molecule has 1 aliphatic rings. The normalized spacial score (nSPS) is 18.7. The van der Waals surface area contributed by atoms with Gasteiger partial charge in [-0.3, -0.25) is 10.2 Å². The Morgan fingerprint density at radius 1 is 1.28 bits per heavy atom. The lowest BCUT2D eigenvalue weighted by molar-refractivity contribution is -0.132. The van der Waals surface area contributed by atoms with Crippen LogP contribution in [0.1, 0.15) is 30.5 Å². The number of amidine groups is 1. The van der Waals surface area contributed by atoms with Gasteiger partial charge in [-0.05, 0) is 30.2 Å². The van der Waals surface area contributed by atoms with Crippen LogP contribution in [0.2, 0.25) is 0 Å². The third-order valence-electron chi connectivity index (χ3n) is 4.23. The van der Waals surface area contributed by atoms with Crippen molar-refractivity contribution in [1.29, 1.82) is 0 Å². The topological polar surface area (TPSA) is 57.6 Å². The van der Waals surface area contributed by atoms with Gasteiger partial charge in [-0.15, -0.1) is 0 Å². The van der Waals surface area contributed by atoms with Crippen LogP contribution in [0.25, 0.3) is 10.2 Å². The number of hydrazine groups is 1. The standard InChI is InChI=1S/C19H18N4OS/c1-12-8-9-15-17(10-12)25-19(20-15)21-18-11-16(23(22-18)13(2)24)14-6-4-3-5-7-14/h3-10,16H,11H2,1-2H3,(H,20,21,22). The number of aliphatic imine (C=N–C) groups is 1. The molecule has 1 aromatic heterocycles. The molecule has 1 aliphatic heterocycles. The molecule has 2 aromatic carbocycles. The number of nitrogens with zero attached hydrogens (tertiary/aromatic N) is 3. The Labute approximate surface area is 150 Å². The third-order valence-corrected chi connectivity index (χ3v) is 5.15. The molecular formula is C19H18N4OS. The molecule has 25 heavy (non-hydrogen) atoms. The SMILES string of the molecule is CC(=O)N1NC(=Nc2nc3ccc(C)cc3s2)CC1c1ccccc1. The van der Waals surface area contributed by atoms with Gasteiger partial charge >= 0.3 is 0 Å². The zero-order valence-corrected chi connectivity index (χ0v) is 14.9. The van der Waals surface area contributed by atoms with Gasteiger partial charge < -0.3 is 0 Å². The van der Waals surface area contributed by atoms with Crippen molar-refractivity contribution in [2.45, 2.75) is 26.3 Å². The summed E-state index contributed by atoms with van der Waals surface area (Å²) in [4.78, 5) is 21.2. The minimum atomic E-state index is -0.0472. The van der Waals surface area contributed by atoms with Gasteiger partial charge in [-0.2, -0.15) is 0 Å². The molecule has 3 aromatic rings. The van der Waals surface area contributed by atoms with Gasteiger partial charge in [-0.1, -0.05) is 47.7 Å². The first-order valence-electron chi connectivity index (χ1n) is 8.16. The van der Waals surface area contributed by atoms with Crippen LogP contribution in [-0.4, -0.2) is 21.7 Å². The molecule has 126 valence electrons.